The number of phenolic OH excluding ortho intramolecular Hbond substituents is 1. The van der Waals surface area contributed by atoms with Crippen molar-refractivity contribution in [1.82, 2.24) is 0 Å². The second-order valence-corrected chi connectivity index (χ2v) is 9.83. The highest BCUT2D eigenvalue weighted by molar-refractivity contribution is 5.91. The summed E-state index contributed by atoms with van der Waals surface area (Å²) >= 11 is 0. The molecule has 1 aliphatic carbocycles. The number of fused-ring (bicyclic) bond motifs is 4. The molecule has 2 N–H and O–H groups in total. The molecule has 0 aromatic heterocycles. The molecule has 0 saturated heterocycles. The first kappa shape index (κ1) is 28.9. The van der Waals surface area contributed by atoms with Gasteiger partial charge < -0.3 is 43.4 Å². The van der Waals surface area contributed by atoms with Crippen molar-refractivity contribution < 1.29 is 53.0 Å². The van der Waals surface area contributed by atoms with Crippen LogP contribution >= 0.6 is 0 Å². The zero-order valence-electron chi connectivity index (χ0n) is 23.7. The smallest absolute Gasteiger partial charge is 0.334 e. The summed E-state index contributed by atoms with van der Waals surface area (Å²) in [5.74, 6) is -1.68. The number of rotatable bonds is 6. The third kappa shape index (κ3) is 4.53. The second-order valence-electron chi connectivity index (χ2n) is 9.83. The number of carbonyl (C=O) groups excluding carboxylic acids is 2. The van der Waals surface area contributed by atoms with E-state index in [-0.39, 0.29) is 52.2 Å². The first-order valence-electron chi connectivity index (χ1n) is 12.6. The number of methoxy groups -OCH3 is 3. The van der Waals surface area contributed by atoms with Gasteiger partial charge in [-0.15, -0.1) is 0 Å². The van der Waals surface area contributed by atoms with Crippen molar-refractivity contribution in [1.29, 1.82) is 0 Å². The van der Waals surface area contributed by atoms with E-state index in [2.05, 4.69) is 0 Å². The topological polar surface area (TPSA) is 139 Å². The number of allylic oxidation sites excluding steroid dienone is 1. The molecule has 0 unspecified atom stereocenters. The Balaban J connectivity index is 2.22. The van der Waals surface area contributed by atoms with Gasteiger partial charge in [-0.25, -0.2) is 4.79 Å². The van der Waals surface area contributed by atoms with E-state index in [9.17, 15) is 19.8 Å². The molecule has 4 rings (SSSR count). The van der Waals surface area contributed by atoms with Gasteiger partial charge in [-0.3, -0.25) is 4.79 Å². The zero-order valence-corrected chi connectivity index (χ0v) is 23.7. The van der Waals surface area contributed by atoms with Crippen molar-refractivity contribution in [3.63, 3.8) is 0 Å². The van der Waals surface area contributed by atoms with Crippen LogP contribution < -0.4 is 23.7 Å². The highest BCUT2D eigenvalue weighted by Crippen LogP contribution is 2.61. The number of esters is 2. The van der Waals surface area contributed by atoms with Gasteiger partial charge in [0.1, 0.15) is 11.7 Å². The number of aromatic hydroxyl groups is 1. The van der Waals surface area contributed by atoms with Crippen LogP contribution in [-0.4, -0.2) is 55.9 Å². The molecule has 0 spiro atoms. The third-order valence-electron chi connectivity index (χ3n) is 7.55. The van der Waals surface area contributed by atoms with Crippen molar-refractivity contribution in [2.24, 2.45) is 5.92 Å². The lowest BCUT2D eigenvalue weighted by Gasteiger charge is -2.43. The summed E-state index contributed by atoms with van der Waals surface area (Å²) in [5, 5.41) is 23.9. The van der Waals surface area contributed by atoms with Gasteiger partial charge in [0.15, 0.2) is 29.1 Å². The summed E-state index contributed by atoms with van der Waals surface area (Å²) in [7, 11) is 4.17. The minimum absolute atomic E-state index is 0.0149. The Hall–Kier alpha value is -4.12. The lowest BCUT2D eigenvalue weighted by atomic mass is 9.71. The van der Waals surface area contributed by atoms with Crippen LogP contribution in [0.5, 0.6) is 34.5 Å². The fraction of sp³-hybridized carbons (Fsp3) is 0.448. The Morgan fingerprint density at radius 3 is 2.25 bits per heavy atom. The number of aliphatic hydroxyl groups is 1. The highest BCUT2D eigenvalue weighted by Gasteiger charge is 2.51. The largest absolute Gasteiger partial charge is 0.504 e. The molecule has 0 bridgehead atoms. The molecule has 0 saturated carbocycles. The molecule has 1 aliphatic heterocycles. The molecule has 1 heterocycles. The molecule has 0 amide bonds. The molecule has 40 heavy (non-hydrogen) atoms. The highest BCUT2D eigenvalue weighted by atomic mass is 16.7. The van der Waals surface area contributed by atoms with E-state index >= 15 is 0 Å². The van der Waals surface area contributed by atoms with E-state index < -0.39 is 35.7 Å². The quantitative estimate of drug-likeness (QED) is 0.386. The average molecular weight is 559 g/mol. The molecular weight excluding hydrogens is 524 g/mol. The molecule has 2 aliphatic rings. The van der Waals surface area contributed by atoms with Crippen LogP contribution in [-0.2, 0) is 19.1 Å². The summed E-state index contributed by atoms with van der Waals surface area (Å²) in [5.41, 5.74) is -0.618. The number of ether oxygens (including phenoxy) is 7. The van der Waals surface area contributed by atoms with Crippen LogP contribution in [0.1, 0.15) is 58.0 Å². The van der Waals surface area contributed by atoms with Crippen molar-refractivity contribution >= 4 is 11.9 Å². The summed E-state index contributed by atoms with van der Waals surface area (Å²) in [6.45, 7) is 7.57. The predicted molar refractivity (Wildman–Crippen MR) is 142 cm³/mol. The van der Waals surface area contributed by atoms with E-state index in [1.165, 1.54) is 41.2 Å². The maximum atomic E-state index is 13.1. The number of hydrogen-bond acceptors (Lipinski definition) is 11. The molecule has 11 nitrogen and oxygen atoms in total. The van der Waals surface area contributed by atoms with Gasteiger partial charge in [0.2, 0.25) is 18.3 Å². The molecule has 4 atom stereocenters. The van der Waals surface area contributed by atoms with E-state index in [0.717, 1.165) is 0 Å². The molecule has 2 aromatic carbocycles. The Bertz CT molecular complexity index is 1380. The van der Waals surface area contributed by atoms with Crippen LogP contribution in [0.4, 0.5) is 0 Å². The first-order valence-corrected chi connectivity index (χ1v) is 12.6. The van der Waals surface area contributed by atoms with Crippen molar-refractivity contribution in [2.75, 3.05) is 28.1 Å². The second kappa shape index (κ2) is 10.8. The van der Waals surface area contributed by atoms with Crippen molar-refractivity contribution in [3.8, 4) is 45.6 Å². The Morgan fingerprint density at radius 1 is 1.00 bits per heavy atom. The zero-order chi connectivity index (χ0) is 29.5. The van der Waals surface area contributed by atoms with Gasteiger partial charge in [-0.05, 0) is 32.9 Å². The lowest BCUT2D eigenvalue weighted by molar-refractivity contribution is -0.182. The monoisotopic (exact) mass is 558 g/mol. The Labute approximate surface area is 232 Å². The van der Waals surface area contributed by atoms with Crippen LogP contribution in [0.25, 0.3) is 11.1 Å². The summed E-state index contributed by atoms with van der Waals surface area (Å²) in [6, 6.07) is 3.15. The maximum Gasteiger partial charge on any atom is 0.334 e. The van der Waals surface area contributed by atoms with Gasteiger partial charge in [-0.2, -0.15) is 0 Å². The van der Waals surface area contributed by atoms with E-state index in [1.54, 1.807) is 32.9 Å². The minimum Gasteiger partial charge on any atom is -0.504 e. The fourth-order valence-corrected chi connectivity index (χ4v) is 5.15. The van der Waals surface area contributed by atoms with E-state index in [0.29, 0.717) is 16.9 Å². The van der Waals surface area contributed by atoms with Crippen molar-refractivity contribution in [3.05, 3.63) is 34.9 Å². The van der Waals surface area contributed by atoms with Gasteiger partial charge in [0.25, 0.3) is 0 Å². The normalized spacial score (nSPS) is 23.2. The molecule has 216 valence electrons. The summed E-state index contributed by atoms with van der Waals surface area (Å²) < 4.78 is 39.9. The molecule has 0 radical (unpaired) electrons. The number of hydrogen-bond donors (Lipinski definition) is 2. The van der Waals surface area contributed by atoms with Crippen LogP contribution in [0.15, 0.2) is 23.8 Å². The maximum absolute atomic E-state index is 13.1. The van der Waals surface area contributed by atoms with Crippen LogP contribution in [0.2, 0.25) is 0 Å². The lowest BCUT2D eigenvalue weighted by Crippen LogP contribution is -2.46. The van der Waals surface area contributed by atoms with Crippen molar-refractivity contribution in [2.45, 2.75) is 52.4 Å². The van der Waals surface area contributed by atoms with Crippen LogP contribution in [0, 0.1) is 5.92 Å². The summed E-state index contributed by atoms with van der Waals surface area (Å²) in [6.07, 6.45) is -0.903. The van der Waals surface area contributed by atoms with Gasteiger partial charge in [0, 0.05) is 40.7 Å². The third-order valence-corrected chi connectivity index (χ3v) is 7.55. The average Bonchev–Trinajstić information content (AvgIpc) is 3.40. The Morgan fingerprint density at radius 2 is 1.68 bits per heavy atom. The molecule has 11 heteroatoms. The SMILES string of the molecule is C/C=C(/C)C(=O)O[C@@H]1c2cc(OC)c(OC)c(O)c2-c2c(cc3c(c2OC)OCO3)[C@@H](OC(C)=O)[C@H](C)[C@]1(C)O. The number of carbonyl (C=O) groups is 2. The molecule has 2 aromatic rings. The van der Waals surface area contributed by atoms with Gasteiger partial charge in [0.05, 0.1) is 21.3 Å². The summed E-state index contributed by atoms with van der Waals surface area (Å²) in [4.78, 5) is 25.5. The van der Waals surface area contributed by atoms with Gasteiger partial charge in [-0.1, -0.05) is 13.0 Å². The van der Waals surface area contributed by atoms with Crippen LogP contribution in [0.3, 0.4) is 0 Å². The number of benzene rings is 2. The van der Waals surface area contributed by atoms with Gasteiger partial charge >= 0.3 is 11.9 Å². The Kier molecular flexibility index (Phi) is 7.80. The number of phenols is 1. The predicted octanol–water partition coefficient (Wildman–Crippen LogP) is 4.37. The molecule has 0 fully saturated rings. The fourth-order valence-electron chi connectivity index (χ4n) is 5.15. The van der Waals surface area contributed by atoms with E-state index in [4.69, 9.17) is 33.2 Å². The first-order chi connectivity index (χ1) is 18.9. The minimum atomic E-state index is -1.86. The standard InChI is InChI=1S/C29H34O11/c1-9-13(2)28(32)40-27-17-11-18(34-6)24(35-7)22(31)20(17)21-16(10-19-25(26(21)36-8)38-12-37-19)23(39-15(4)30)14(3)29(27,5)33/h9-11,14,23,27,31,33H,12H2,1-8H3/b13-9-/t14-,23-,27+,29-/m0/s1. The van der Waals surface area contributed by atoms with E-state index in [1.807, 2.05) is 0 Å². The molecular formula is C29H34O11.